The first kappa shape index (κ1) is 8.90. The van der Waals surface area contributed by atoms with Crippen LogP contribution in [0.25, 0.3) is 11.4 Å². The second-order valence-corrected chi connectivity index (χ2v) is 2.96. The summed E-state index contributed by atoms with van der Waals surface area (Å²) >= 11 is 0. The molecule has 2 aromatic rings. The Morgan fingerprint density at radius 1 is 1.36 bits per heavy atom. The van der Waals surface area contributed by atoms with Gasteiger partial charge in [0.25, 0.3) is 0 Å². The second kappa shape index (κ2) is 3.59. The molecule has 4 heteroatoms. The first-order chi connectivity index (χ1) is 6.81. The van der Waals surface area contributed by atoms with Gasteiger partial charge in [-0.25, -0.2) is 9.97 Å². The maximum absolute atomic E-state index is 8.82. The molecule has 0 bridgehead atoms. The summed E-state index contributed by atoms with van der Waals surface area (Å²) in [6.07, 6.45) is 4.82. The number of aryl methyl sites for hydroxylation is 1. The fourth-order valence-corrected chi connectivity index (χ4v) is 1.19. The first-order valence-corrected chi connectivity index (χ1v) is 4.27. The van der Waals surface area contributed by atoms with E-state index in [-0.39, 0.29) is 6.61 Å². The van der Waals surface area contributed by atoms with Crippen molar-refractivity contribution in [2.24, 2.45) is 0 Å². The number of furan rings is 1. The van der Waals surface area contributed by atoms with E-state index in [1.807, 2.05) is 13.0 Å². The van der Waals surface area contributed by atoms with E-state index in [0.29, 0.717) is 11.4 Å². The van der Waals surface area contributed by atoms with E-state index in [1.54, 1.807) is 18.7 Å². The van der Waals surface area contributed by atoms with Gasteiger partial charge >= 0.3 is 0 Å². The third kappa shape index (κ3) is 1.52. The van der Waals surface area contributed by atoms with Crippen LogP contribution in [0.15, 0.2) is 29.1 Å². The molecule has 0 fully saturated rings. The number of aromatic nitrogens is 2. The van der Waals surface area contributed by atoms with E-state index in [0.717, 1.165) is 11.3 Å². The van der Waals surface area contributed by atoms with Gasteiger partial charge in [-0.3, -0.25) is 0 Å². The summed E-state index contributed by atoms with van der Waals surface area (Å²) in [5, 5.41) is 8.82. The zero-order chi connectivity index (χ0) is 9.97. The van der Waals surface area contributed by atoms with Gasteiger partial charge < -0.3 is 9.52 Å². The van der Waals surface area contributed by atoms with Gasteiger partial charge in [-0.2, -0.15) is 0 Å². The predicted molar refractivity (Wildman–Crippen MR) is 50.4 cm³/mol. The summed E-state index contributed by atoms with van der Waals surface area (Å²) in [6, 6.07) is 1.82. The van der Waals surface area contributed by atoms with Crippen molar-refractivity contribution in [2.45, 2.75) is 13.5 Å². The lowest BCUT2D eigenvalue weighted by Gasteiger charge is -1.98. The molecular weight excluding hydrogens is 180 g/mol. The van der Waals surface area contributed by atoms with Crippen molar-refractivity contribution in [2.75, 3.05) is 0 Å². The molecule has 0 radical (unpaired) electrons. The maximum Gasteiger partial charge on any atom is 0.162 e. The number of aliphatic hydroxyl groups is 1. The average Bonchev–Trinajstić information content (AvgIpc) is 2.65. The second-order valence-electron chi connectivity index (χ2n) is 2.96. The van der Waals surface area contributed by atoms with Crippen LogP contribution in [0.5, 0.6) is 0 Å². The Bertz CT molecular complexity index is 420. The van der Waals surface area contributed by atoms with E-state index in [9.17, 15) is 0 Å². The lowest BCUT2D eigenvalue weighted by molar-refractivity contribution is 0.281. The Morgan fingerprint density at radius 2 is 2.07 bits per heavy atom. The molecule has 0 spiro atoms. The molecular formula is C10H10N2O2. The smallest absolute Gasteiger partial charge is 0.162 e. The molecule has 0 amide bonds. The number of rotatable bonds is 2. The van der Waals surface area contributed by atoms with Crippen LogP contribution in [0.4, 0.5) is 0 Å². The molecule has 72 valence electrons. The van der Waals surface area contributed by atoms with Crippen LogP contribution < -0.4 is 0 Å². The number of hydrogen-bond acceptors (Lipinski definition) is 4. The normalized spacial score (nSPS) is 10.4. The topological polar surface area (TPSA) is 59.2 Å². The van der Waals surface area contributed by atoms with Crippen molar-refractivity contribution in [3.8, 4) is 11.4 Å². The Labute approximate surface area is 81.2 Å². The van der Waals surface area contributed by atoms with Gasteiger partial charge in [-0.15, -0.1) is 0 Å². The van der Waals surface area contributed by atoms with Crippen LogP contribution in [0.3, 0.4) is 0 Å². The highest BCUT2D eigenvalue weighted by Gasteiger charge is 2.06. The predicted octanol–water partition coefficient (Wildman–Crippen LogP) is 1.54. The fourth-order valence-electron chi connectivity index (χ4n) is 1.19. The summed E-state index contributed by atoms with van der Waals surface area (Å²) in [5.74, 6) is 1.41. The molecule has 2 rings (SSSR count). The molecule has 0 unspecified atom stereocenters. The van der Waals surface area contributed by atoms with Crippen LogP contribution >= 0.6 is 0 Å². The molecule has 0 aromatic carbocycles. The number of aliphatic hydroxyl groups excluding tert-OH is 1. The third-order valence-electron chi connectivity index (χ3n) is 1.99. The first-order valence-electron chi connectivity index (χ1n) is 4.27. The Morgan fingerprint density at radius 3 is 2.57 bits per heavy atom. The standard InChI is InChI=1S/C10H10N2O2/c1-7-9(2-3-14-7)10-11-4-8(6-13)5-12-10/h2-5,13H,6H2,1H3. The van der Waals surface area contributed by atoms with Gasteiger partial charge in [0.2, 0.25) is 0 Å². The maximum atomic E-state index is 8.82. The Hall–Kier alpha value is -1.68. The van der Waals surface area contributed by atoms with E-state index in [1.165, 1.54) is 0 Å². The fraction of sp³-hybridized carbons (Fsp3) is 0.200. The number of nitrogens with zero attached hydrogens (tertiary/aromatic N) is 2. The summed E-state index contributed by atoms with van der Waals surface area (Å²) in [4.78, 5) is 8.24. The zero-order valence-electron chi connectivity index (χ0n) is 7.77. The minimum absolute atomic E-state index is 0.0371. The highest BCUT2D eigenvalue weighted by atomic mass is 16.3. The highest BCUT2D eigenvalue weighted by Crippen LogP contribution is 2.19. The minimum Gasteiger partial charge on any atom is -0.469 e. The summed E-state index contributed by atoms with van der Waals surface area (Å²) in [6.45, 7) is 1.82. The van der Waals surface area contributed by atoms with Crippen molar-refractivity contribution < 1.29 is 9.52 Å². The van der Waals surface area contributed by atoms with Gasteiger partial charge in [0.15, 0.2) is 5.82 Å². The minimum atomic E-state index is -0.0371. The quantitative estimate of drug-likeness (QED) is 0.780. The summed E-state index contributed by atoms with van der Waals surface area (Å²) in [7, 11) is 0. The molecule has 0 saturated heterocycles. The SMILES string of the molecule is Cc1occc1-c1ncc(CO)cn1. The molecule has 2 heterocycles. The molecule has 2 aromatic heterocycles. The van der Waals surface area contributed by atoms with Gasteiger partial charge in [0.1, 0.15) is 5.76 Å². The van der Waals surface area contributed by atoms with E-state index >= 15 is 0 Å². The van der Waals surface area contributed by atoms with Crippen molar-refractivity contribution in [1.82, 2.24) is 9.97 Å². The van der Waals surface area contributed by atoms with Crippen molar-refractivity contribution in [3.63, 3.8) is 0 Å². The largest absolute Gasteiger partial charge is 0.469 e. The van der Waals surface area contributed by atoms with E-state index < -0.39 is 0 Å². The van der Waals surface area contributed by atoms with Gasteiger partial charge in [0.05, 0.1) is 18.4 Å². The molecule has 4 nitrogen and oxygen atoms in total. The summed E-state index contributed by atoms with van der Waals surface area (Å²) < 4.78 is 5.15. The van der Waals surface area contributed by atoms with E-state index in [2.05, 4.69) is 9.97 Å². The zero-order valence-corrected chi connectivity index (χ0v) is 7.77. The Balaban J connectivity index is 2.39. The monoisotopic (exact) mass is 190 g/mol. The van der Waals surface area contributed by atoms with Crippen LogP contribution in [0.1, 0.15) is 11.3 Å². The van der Waals surface area contributed by atoms with Crippen molar-refractivity contribution in [3.05, 3.63) is 36.0 Å². The average molecular weight is 190 g/mol. The molecule has 0 aliphatic carbocycles. The highest BCUT2D eigenvalue weighted by molar-refractivity contribution is 5.56. The Kier molecular flexibility index (Phi) is 2.28. The van der Waals surface area contributed by atoms with Crippen LogP contribution in [0.2, 0.25) is 0 Å². The van der Waals surface area contributed by atoms with Gasteiger partial charge in [-0.1, -0.05) is 0 Å². The molecule has 0 atom stereocenters. The summed E-state index contributed by atoms with van der Waals surface area (Å²) in [5.41, 5.74) is 1.59. The van der Waals surface area contributed by atoms with Gasteiger partial charge in [0, 0.05) is 18.0 Å². The van der Waals surface area contributed by atoms with Crippen LogP contribution in [-0.2, 0) is 6.61 Å². The molecule has 0 aliphatic rings. The van der Waals surface area contributed by atoms with E-state index in [4.69, 9.17) is 9.52 Å². The lowest BCUT2D eigenvalue weighted by Crippen LogP contribution is -1.92. The van der Waals surface area contributed by atoms with Crippen molar-refractivity contribution in [1.29, 1.82) is 0 Å². The van der Waals surface area contributed by atoms with Gasteiger partial charge in [-0.05, 0) is 13.0 Å². The van der Waals surface area contributed by atoms with Crippen molar-refractivity contribution >= 4 is 0 Å². The molecule has 0 saturated carbocycles. The molecule has 0 aliphatic heterocycles. The lowest BCUT2D eigenvalue weighted by atomic mass is 10.2. The molecule has 1 N–H and O–H groups in total. The van der Waals surface area contributed by atoms with Crippen LogP contribution in [-0.4, -0.2) is 15.1 Å². The molecule has 14 heavy (non-hydrogen) atoms. The number of hydrogen-bond donors (Lipinski definition) is 1. The third-order valence-corrected chi connectivity index (χ3v) is 1.99. The van der Waals surface area contributed by atoms with Crippen LogP contribution in [0, 0.1) is 6.92 Å².